The van der Waals surface area contributed by atoms with Crippen LogP contribution in [0.5, 0.6) is 0 Å². The quantitative estimate of drug-likeness (QED) is 0.562. The lowest BCUT2D eigenvalue weighted by atomic mass is 10.5. The van der Waals surface area contributed by atoms with Crippen LogP contribution in [0.15, 0.2) is 11.8 Å². The minimum atomic E-state index is -0.0566. The third-order valence-electron chi connectivity index (χ3n) is 1.29. The van der Waals surface area contributed by atoms with E-state index in [4.69, 9.17) is 4.74 Å². The lowest BCUT2D eigenvalue weighted by molar-refractivity contribution is -0.115. The van der Waals surface area contributed by atoms with Crippen LogP contribution in [0.2, 0.25) is 0 Å². The third kappa shape index (κ3) is 2.93. The van der Waals surface area contributed by atoms with E-state index in [0.29, 0.717) is 13.2 Å². The van der Waals surface area contributed by atoms with Gasteiger partial charge in [-0.1, -0.05) is 15.9 Å². The molecule has 62 valence electrons. The van der Waals surface area contributed by atoms with E-state index in [1.807, 2.05) is 0 Å². The van der Waals surface area contributed by atoms with E-state index in [0.717, 1.165) is 17.5 Å². The number of amides is 1. The molecule has 1 N–H and O–H groups in total. The van der Waals surface area contributed by atoms with Crippen molar-refractivity contribution in [2.45, 2.75) is 6.42 Å². The highest BCUT2D eigenvalue weighted by atomic mass is 79.9. The normalized spacial score (nSPS) is 16.1. The van der Waals surface area contributed by atoms with E-state index in [1.54, 1.807) is 0 Å². The van der Waals surface area contributed by atoms with Crippen LogP contribution in [0.4, 0.5) is 0 Å². The van der Waals surface area contributed by atoms with Gasteiger partial charge in [-0.15, -0.1) is 0 Å². The molecular weight excluding hydrogens is 210 g/mol. The van der Waals surface area contributed by atoms with Crippen LogP contribution in [-0.4, -0.2) is 24.4 Å². The fourth-order valence-electron chi connectivity index (χ4n) is 0.773. The maximum absolute atomic E-state index is 10.6. The summed E-state index contributed by atoms with van der Waals surface area (Å²) in [6, 6.07) is 0. The topological polar surface area (TPSA) is 38.3 Å². The summed E-state index contributed by atoms with van der Waals surface area (Å²) >= 11 is 3.29. The first-order valence-electron chi connectivity index (χ1n) is 3.50. The molecule has 1 rings (SSSR count). The van der Waals surface area contributed by atoms with Crippen molar-refractivity contribution in [3.8, 4) is 0 Å². The van der Waals surface area contributed by atoms with Crippen molar-refractivity contribution < 1.29 is 9.53 Å². The Morgan fingerprint density at radius 2 is 2.55 bits per heavy atom. The molecule has 0 unspecified atom stereocenters. The first-order valence-corrected chi connectivity index (χ1v) is 4.62. The standard InChI is InChI=1S/C7H10BrNO2/c8-2-1-3-11-6-4-7(10)9-5-6/h4H,1-3,5H2,(H,9,10). The molecule has 0 saturated carbocycles. The Morgan fingerprint density at radius 1 is 1.73 bits per heavy atom. The van der Waals surface area contributed by atoms with E-state index in [9.17, 15) is 4.79 Å². The van der Waals surface area contributed by atoms with Gasteiger partial charge in [0, 0.05) is 11.4 Å². The van der Waals surface area contributed by atoms with E-state index < -0.39 is 0 Å². The SMILES string of the molecule is O=C1C=C(OCCCBr)CN1. The van der Waals surface area contributed by atoms with Gasteiger partial charge in [0.25, 0.3) is 0 Å². The summed E-state index contributed by atoms with van der Waals surface area (Å²) in [6.07, 6.45) is 2.46. The summed E-state index contributed by atoms with van der Waals surface area (Å²) < 4.78 is 5.26. The molecule has 0 aromatic rings. The Balaban J connectivity index is 2.17. The summed E-state index contributed by atoms with van der Waals surface area (Å²) in [5, 5.41) is 3.56. The molecule has 3 nitrogen and oxygen atoms in total. The van der Waals surface area contributed by atoms with Gasteiger partial charge in [-0.05, 0) is 6.42 Å². The average Bonchev–Trinajstić information content (AvgIpc) is 2.37. The zero-order chi connectivity index (χ0) is 8.10. The van der Waals surface area contributed by atoms with Crippen LogP contribution >= 0.6 is 15.9 Å². The average molecular weight is 220 g/mol. The number of alkyl halides is 1. The van der Waals surface area contributed by atoms with Crippen LogP contribution in [-0.2, 0) is 9.53 Å². The number of halogens is 1. The molecule has 0 saturated heterocycles. The number of carbonyl (C=O) groups is 1. The summed E-state index contributed by atoms with van der Waals surface area (Å²) in [7, 11) is 0. The van der Waals surface area contributed by atoms with Gasteiger partial charge in [-0.25, -0.2) is 0 Å². The first kappa shape index (κ1) is 8.59. The smallest absolute Gasteiger partial charge is 0.247 e. The first-order chi connectivity index (χ1) is 5.33. The second kappa shape index (κ2) is 4.38. The Bertz CT molecular complexity index is 179. The predicted octanol–water partition coefficient (Wildman–Crippen LogP) is 0.802. The lowest BCUT2D eigenvalue weighted by Gasteiger charge is -2.03. The fraction of sp³-hybridized carbons (Fsp3) is 0.571. The molecule has 0 radical (unpaired) electrons. The van der Waals surface area contributed by atoms with Crippen molar-refractivity contribution in [2.24, 2.45) is 0 Å². The van der Waals surface area contributed by atoms with Crippen LogP contribution in [0.25, 0.3) is 0 Å². The highest BCUT2D eigenvalue weighted by molar-refractivity contribution is 9.09. The molecule has 1 aliphatic heterocycles. The van der Waals surface area contributed by atoms with Crippen molar-refractivity contribution in [1.82, 2.24) is 5.32 Å². The van der Waals surface area contributed by atoms with E-state index in [2.05, 4.69) is 21.2 Å². The molecule has 0 aromatic carbocycles. The summed E-state index contributed by atoms with van der Waals surface area (Å²) in [5.41, 5.74) is 0. The Kier molecular flexibility index (Phi) is 3.42. The maximum atomic E-state index is 10.6. The van der Waals surface area contributed by atoms with Crippen LogP contribution in [0.1, 0.15) is 6.42 Å². The second-order valence-corrected chi connectivity index (χ2v) is 3.01. The van der Waals surface area contributed by atoms with Gasteiger partial charge >= 0.3 is 0 Å². The fourth-order valence-corrected chi connectivity index (χ4v) is 1.00. The number of rotatable bonds is 4. The largest absolute Gasteiger partial charge is 0.496 e. The maximum Gasteiger partial charge on any atom is 0.247 e. The van der Waals surface area contributed by atoms with Gasteiger partial charge in [-0.3, -0.25) is 4.79 Å². The Morgan fingerprint density at radius 3 is 3.09 bits per heavy atom. The molecule has 4 heteroatoms. The van der Waals surface area contributed by atoms with E-state index >= 15 is 0 Å². The molecule has 0 aliphatic carbocycles. The van der Waals surface area contributed by atoms with Crippen molar-refractivity contribution in [3.05, 3.63) is 11.8 Å². The molecule has 1 heterocycles. The van der Waals surface area contributed by atoms with Gasteiger partial charge in [0.1, 0.15) is 5.76 Å². The molecular formula is C7H10BrNO2. The van der Waals surface area contributed by atoms with Crippen molar-refractivity contribution in [1.29, 1.82) is 0 Å². The molecule has 1 aliphatic rings. The highest BCUT2D eigenvalue weighted by Gasteiger charge is 2.10. The molecule has 0 atom stereocenters. The second-order valence-electron chi connectivity index (χ2n) is 2.22. The monoisotopic (exact) mass is 219 g/mol. The van der Waals surface area contributed by atoms with Crippen LogP contribution in [0, 0.1) is 0 Å². The number of hydrogen-bond acceptors (Lipinski definition) is 2. The molecule has 0 bridgehead atoms. The van der Waals surface area contributed by atoms with Crippen LogP contribution < -0.4 is 5.32 Å². The summed E-state index contributed by atoms with van der Waals surface area (Å²) in [6.45, 7) is 1.22. The summed E-state index contributed by atoms with van der Waals surface area (Å²) in [4.78, 5) is 10.6. The minimum Gasteiger partial charge on any atom is -0.496 e. The van der Waals surface area contributed by atoms with Gasteiger partial charge in [0.05, 0.1) is 13.2 Å². The molecule has 0 fully saturated rings. The molecule has 11 heavy (non-hydrogen) atoms. The molecule has 0 spiro atoms. The highest BCUT2D eigenvalue weighted by Crippen LogP contribution is 2.02. The van der Waals surface area contributed by atoms with Gasteiger partial charge in [0.15, 0.2) is 0 Å². The zero-order valence-electron chi connectivity index (χ0n) is 6.10. The number of carbonyl (C=O) groups excluding carboxylic acids is 1. The molecule has 0 aromatic heterocycles. The minimum absolute atomic E-state index is 0.0566. The van der Waals surface area contributed by atoms with E-state index in [1.165, 1.54) is 6.08 Å². The van der Waals surface area contributed by atoms with Crippen LogP contribution in [0.3, 0.4) is 0 Å². The number of hydrogen-bond donors (Lipinski definition) is 1. The number of nitrogens with one attached hydrogen (secondary N) is 1. The summed E-state index contributed by atoms with van der Waals surface area (Å²) in [5.74, 6) is 0.690. The third-order valence-corrected chi connectivity index (χ3v) is 1.86. The van der Waals surface area contributed by atoms with Gasteiger partial charge < -0.3 is 10.1 Å². The Labute approximate surface area is 73.9 Å². The Hall–Kier alpha value is -0.510. The lowest BCUT2D eigenvalue weighted by Crippen LogP contribution is -2.15. The van der Waals surface area contributed by atoms with Gasteiger partial charge in [-0.2, -0.15) is 0 Å². The number of ether oxygens (including phenoxy) is 1. The van der Waals surface area contributed by atoms with Crippen molar-refractivity contribution in [3.63, 3.8) is 0 Å². The van der Waals surface area contributed by atoms with Gasteiger partial charge in [0.2, 0.25) is 5.91 Å². The molecule has 1 amide bonds. The predicted molar refractivity (Wildman–Crippen MR) is 45.5 cm³/mol. The van der Waals surface area contributed by atoms with Crippen molar-refractivity contribution >= 4 is 21.8 Å². The van der Waals surface area contributed by atoms with E-state index in [-0.39, 0.29) is 5.91 Å². The zero-order valence-corrected chi connectivity index (χ0v) is 7.69. The van der Waals surface area contributed by atoms with Crippen molar-refractivity contribution in [2.75, 3.05) is 18.5 Å².